The third kappa shape index (κ3) is 9.84. The van der Waals surface area contributed by atoms with Gasteiger partial charge in [0.2, 0.25) is 11.8 Å². The number of nitrogens with zero attached hydrogens (tertiary/aromatic N) is 1. The van der Waals surface area contributed by atoms with Crippen LogP contribution >= 0.6 is 0 Å². The van der Waals surface area contributed by atoms with E-state index in [4.69, 9.17) is 4.74 Å². The smallest absolute Gasteiger partial charge is 0.408 e. The number of rotatable bonds is 11. The predicted molar refractivity (Wildman–Crippen MR) is 132 cm³/mol. The van der Waals surface area contributed by atoms with E-state index in [2.05, 4.69) is 17.6 Å². The highest BCUT2D eigenvalue weighted by molar-refractivity contribution is 5.92. The summed E-state index contributed by atoms with van der Waals surface area (Å²) in [5.74, 6) is -0.377. The van der Waals surface area contributed by atoms with Crippen molar-refractivity contribution in [1.82, 2.24) is 15.5 Å². The first kappa shape index (κ1) is 28.5. The van der Waals surface area contributed by atoms with Crippen LogP contribution in [0.15, 0.2) is 30.3 Å². The summed E-state index contributed by atoms with van der Waals surface area (Å²) in [4.78, 5) is 41.2. The second-order valence-electron chi connectivity index (χ2n) is 10.1. The lowest BCUT2D eigenvalue weighted by molar-refractivity contribution is -0.144. The van der Waals surface area contributed by atoms with Crippen LogP contribution in [0.25, 0.3) is 0 Å². The maximum atomic E-state index is 13.8. The van der Waals surface area contributed by atoms with Gasteiger partial charge in [-0.1, -0.05) is 57.5 Å². The standard InChI is InChI=1S/C26H43N3O4/c1-9-10-16-27-23(30)22(20-14-12-11-13-15-20)29(19(4)5)24(31)21(17-18(2)3)28-25(32)33-26(6,7)8/h11-15,18-19,21-22H,9-10,16-17H2,1-8H3,(H,27,30)(H,28,32). The number of unbranched alkanes of at least 4 members (excludes halogenated alkanes) is 1. The molecule has 1 rings (SSSR count). The highest BCUT2D eigenvalue weighted by Gasteiger charge is 2.37. The Labute approximate surface area is 199 Å². The number of amides is 3. The Morgan fingerprint density at radius 3 is 2.12 bits per heavy atom. The number of hydrogen-bond acceptors (Lipinski definition) is 4. The van der Waals surface area contributed by atoms with Crippen LogP contribution in [0.3, 0.4) is 0 Å². The number of alkyl carbamates (subject to hydrolysis) is 1. The van der Waals surface area contributed by atoms with Crippen LogP contribution in [0, 0.1) is 5.92 Å². The monoisotopic (exact) mass is 461 g/mol. The van der Waals surface area contributed by atoms with Crippen molar-refractivity contribution in [3.8, 4) is 0 Å². The van der Waals surface area contributed by atoms with Crippen molar-refractivity contribution in [2.45, 2.75) is 98.4 Å². The lowest BCUT2D eigenvalue weighted by Crippen LogP contribution is -2.55. The van der Waals surface area contributed by atoms with Crippen LogP contribution in [0.5, 0.6) is 0 Å². The zero-order valence-electron chi connectivity index (χ0n) is 21.6. The number of benzene rings is 1. The summed E-state index contributed by atoms with van der Waals surface area (Å²) in [7, 11) is 0. The van der Waals surface area contributed by atoms with E-state index in [-0.39, 0.29) is 23.8 Å². The molecule has 2 unspecified atom stereocenters. The Kier molecular flexibility index (Phi) is 11.4. The van der Waals surface area contributed by atoms with E-state index in [0.29, 0.717) is 13.0 Å². The lowest BCUT2D eigenvalue weighted by Gasteiger charge is -2.37. The van der Waals surface area contributed by atoms with Crippen molar-refractivity contribution in [1.29, 1.82) is 0 Å². The van der Waals surface area contributed by atoms with E-state index >= 15 is 0 Å². The molecule has 0 aliphatic carbocycles. The normalized spacial score (nSPS) is 13.4. The van der Waals surface area contributed by atoms with Gasteiger partial charge in [0, 0.05) is 12.6 Å². The van der Waals surface area contributed by atoms with Crippen LogP contribution < -0.4 is 10.6 Å². The predicted octanol–water partition coefficient (Wildman–Crippen LogP) is 4.82. The van der Waals surface area contributed by atoms with Crippen molar-refractivity contribution in [3.05, 3.63) is 35.9 Å². The van der Waals surface area contributed by atoms with Crippen LogP contribution in [-0.4, -0.2) is 47.0 Å². The molecule has 186 valence electrons. The van der Waals surface area contributed by atoms with Gasteiger partial charge in [-0.2, -0.15) is 0 Å². The maximum Gasteiger partial charge on any atom is 0.408 e. The van der Waals surface area contributed by atoms with E-state index < -0.39 is 23.8 Å². The third-order valence-corrected chi connectivity index (χ3v) is 4.98. The van der Waals surface area contributed by atoms with Gasteiger partial charge >= 0.3 is 6.09 Å². The number of nitrogens with one attached hydrogen (secondary N) is 2. The Balaban J connectivity index is 3.32. The van der Waals surface area contributed by atoms with Crippen molar-refractivity contribution in [3.63, 3.8) is 0 Å². The average Bonchev–Trinajstić information content (AvgIpc) is 2.69. The molecule has 0 aliphatic rings. The van der Waals surface area contributed by atoms with E-state index in [1.165, 1.54) is 0 Å². The Hall–Kier alpha value is -2.57. The van der Waals surface area contributed by atoms with Gasteiger partial charge < -0.3 is 20.3 Å². The van der Waals surface area contributed by atoms with Crippen LogP contribution in [0.4, 0.5) is 4.79 Å². The lowest BCUT2D eigenvalue weighted by atomic mass is 9.98. The van der Waals surface area contributed by atoms with E-state index in [9.17, 15) is 14.4 Å². The highest BCUT2D eigenvalue weighted by atomic mass is 16.6. The Morgan fingerprint density at radius 1 is 1.03 bits per heavy atom. The number of hydrogen-bond donors (Lipinski definition) is 2. The summed E-state index contributed by atoms with van der Waals surface area (Å²) in [6, 6.07) is 7.42. The van der Waals surface area contributed by atoms with Gasteiger partial charge in [0.1, 0.15) is 17.7 Å². The maximum absolute atomic E-state index is 13.8. The highest BCUT2D eigenvalue weighted by Crippen LogP contribution is 2.26. The van der Waals surface area contributed by atoms with Gasteiger partial charge in [-0.25, -0.2) is 4.79 Å². The summed E-state index contributed by atoms with van der Waals surface area (Å²) < 4.78 is 5.40. The molecule has 2 atom stereocenters. The van der Waals surface area contributed by atoms with Crippen LogP contribution in [-0.2, 0) is 14.3 Å². The van der Waals surface area contributed by atoms with Crippen molar-refractivity contribution >= 4 is 17.9 Å². The molecule has 0 bridgehead atoms. The van der Waals surface area contributed by atoms with Crippen LogP contribution in [0.2, 0.25) is 0 Å². The van der Waals surface area contributed by atoms with Crippen molar-refractivity contribution in [2.24, 2.45) is 5.92 Å². The molecule has 1 aromatic carbocycles. The molecular formula is C26H43N3O4. The molecule has 2 N–H and O–H groups in total. The minimum absolute atomic E-state index is 0.149. The summed E-state index contributed by atoms with van der Waals surface area (Å²) >= 11 is 0. The van der Waals surface area contributed by atoms with Gasteiger partial charge in [0.05, 0.1) is 0 Å². The van der Waals surface area contributed by atoms with Gasteiger partial charge in [-0.05, 0) is 58.9 Å². The topological polar surface area (TPSA) is 87.7 Å². The van der Waals surface area contributed by atoms with Crippen molar-refractivity contribution < 1.29 is 19.1 Å². The number of carbonyl (C=O) groups excluding carboxylic acids is 3. The van der Waals surface area contributed by atoms with Crippen LogP contribution in [0.1, 0.15) is 86.3 Å². The molecule has 7 heteroatoms. The second-order valence-corrected chi connectivity index (χ2v) is 10.1. The summed E-state index contributed by atoms with van der Waals surface area (Å²) in [5.41, 5.74) is 0.0491. The quantitative estimate of drug-likeness (QED) is 0.463. The van der Waals surface area contributed by atoms with Gasteiger partial charge in [-0.3, -0.25) is 9.59 Å². The van der Waals surface area contributed by atoms with E-state index in [1.807, 2.05) is 58.0 Å². The molecular weight excluding hydrogens is 418 g/mol. The zero-order valence-corrected chi connectivity index (χ0v) is 21.6. The fourth-order valence-electron chi connectivity index (χ4n) is 3.56. The molecule has 33 heavy (non-hydrogen) atoms. The minimum atomic E-state index is -0.808. The molecule has 3 amide bonds. The first-order valence-corrected chi connectivity index (χ1v) is 12.0. The fourth-order valence-corrected chi connectivity index (χ4v) is 3.56. The molecule has 1 aromatic rings. The average molecular weight is 462 g/mol. The molecule has 0 radical (unpaired) electrons. The molecule has 0 heterocycles. The van der Waals surface area contributed by atoms with Gasteiger partial charge in [0.25, 0.3) is 0 Å². The zero-order chi connectivity index (χ0) is 25.2. The largest absolute Gasteiger partial charge is 0.444 e. The summed E-state index contributed by atoms with van der Waals surface area (Å²) in [5, 5.41) is 5.73. The molecule has 0 aromatic heterocycles. The van der Waals surface area contributed by atoms with Crippen molar-refractivity contribution in [2.75, 3.05) is 6.54 Å². The third-order valence-electron chi connectivity index (χ3n) is 4.98. The molecule has 0 saturated carbocycles. The Bertz CT molecular complexity index is 757. The second kappa shape index (κ2) is 13.2. The minimum Gasteiger partial charge on any atom is -0.444 e. The molecule has 0 saturated heterocycles. The molecule has 7 nitrogen and oxygen atoms in total. The Morgan fingerprint density at radius 2 is 1.64 bits per heavy atom. The SMILES string of the molecule is CCCCNC(=O)C(c1ccccc1)N(C(=O)C(CC(C)C)NC(=O)OC(C)(C)C)C(C)C. The fraction of sp³-hybridized carbons (Fsp3) is 0.654. The molecule has 0 fully saturated rings. The van der Waals surface area contributed by atoms with Gasteiger partial charge in [0.15, 0.2) is 0 Å². The number of ether oxygens (including phenoxy) is 1. The molecule has 0 spiro atoms. The van der Waals surface area contributed by atoms with E-state index in [1.54, 1.807) is 25.7 Å². The van der Waals surface area contributed by atoms with Gasteiger partial charge in [-0.15, -0.1) is 0 Å². The molecule has 0 aliphatic heterocycles. The first-order chi connectivity index (χ1) is 15.4. The number of carbonyl (C=O) groups is 3. The summed E-state index contributed by atoms with van der Waals surface area (Å²) in [6.07, 6.45) is 1.60. The first-order valence-electron chi connectivity index (χ1n) is 12.0. The summed E-state index contributed by atoms with van der Waals surface area (Å²) in [6.45, 7) is 15.7. The van der Waals surface area contributed by atoms with E-state index in [0.717, 1.165) is 18.4 Å².